The first-order valence-electron chi connectivity index (χ1n) is 13.0. The molecule has 8 nitrogen and oxygen atoms in total. The van der Waals surface area contributed by atoms with Crippen molar-refractivity contribution >= 4 is 20.9 Å². The quantitative estimate of drug-likeness (QED) is 0.263. The Bertz CT molecular complexity index is 1900. The summed E-state index contributed by atoms with van der Waals surface area (Å²) in [4.78, 5) is 25.5. The summed E-state index contributed by atoms with van der Waals surface area (Å²) in [6.07, 6.45) is -6.04. The van der Waals surface area contributed by atoms with E-state index in [2.05, 4.69) is 15.0 Å². The van der Waals surface area contributed by atoms with Gasteiger partial charge in [-0.1, -0.05) is 13.0 Å². The summed E-state index contributed by atoms with van der Waals surface area (Å²) in [7, 11) is -2.61. The minimum atomic E-state index is -4.81. The third-order valence-electron chi connectivity index (χ3n) is 7.94. The molecule has 4 heterocycles. The summed E-state index contributed by atoms with van der Waals surface area (Å²) in [6, 6.07) is 4.13. The van der Waals surface area contributed by atoms with E-state index in [1.54, 1.807) is 0 Å². The molecule has 0 unspecified atom stereocenters. The standard InChI is InChI=1S/C27H23F6N5O3S/c1-3-42(40,41)18-10-15(14-4-7-19(34-12-14)25(8-9-25)27(31,32)33)13-35-21(18)23-36-17-11-20(26(28,29)30)38(16-5-6-16)24(39)22(17)37(23)2/h4,7,10-13,16H,3,5-6,8-9H2,1-2H3. The van der Waals surface area contributed by atoms with Gasteiger partial charge in [0.15, 0.2) is 15.7 Å². The molecule has 4 aromatic rings. The molecular formula is C27H23F6N5O3S. The predicted molar refractivity (Wildman–Crippen MR) is 139 cm³/mol. The minimum absolute atomic E-state index is 0.0633. The van der Waals surface area contributed by atoms with Crippen molar-refractivity contribution < 1.29 is 34.8 Å². The van der Waals surface area contributed by atoms with Crippen molar-refractivity contribution in [2.45, 2.75) is 61.3 Å². The number of alkyl halides is 6. The van der Waals surface area contributed by atoms with Crippen molar-refractivity contribution in [3.8, 4) is 22.6 Å². The predicted octanol–water partition coefficient (Wildman–Crippen LogP) is 5.60. The number of rotatable bonds is 6. The molecule has 2 saturated carbocycles. The van der Waals surface area contributed by atoms with E-state index in [-0.39, 0.29) is 57.3 Å². The Kier molecular flexibility index (Phi) is 6.16. The van der Waals surface area contributed by atoms with Crippen LogP contribution in [0.1, 0.15) is 50.0 Å². The molecule has 222 valence electrons. The van der Waals surface area contributed by atoms with E-state index in [0.29, 0.717) is 18.4 Å². The highest BCUT2D eigenvalue weighted by atomic mass is 32.2. The summed E-state index contributed by atoms with van der Waals surface area (Å²) < 4.78 is 110. The number of hydrogen-bond donors (Lipinski definition) is 0. The van der Waals surface area contributed by atoms with E-state index in [0.717, 1.165) is 10.6 Å². The second-order valence-electron chi connectivity index (χ2n) is 10.6. The molecular weight excluding hydrogens is 588 g/mol. The molecule has 0 atom stereocenters. The molecule has 0 saturated heterocycles. The van der Waals surface area contributed by atoms with Crippen LogP contribution in [0.4, 0.5) is 26.3 Å². The average Bonchev–Trinajstić information content (AvgIpc) is 3.85. The molecule has 0 N–H and O–H groups in total. The highest BCUT2D eigenvalue weighted by Crippen LogP contribution is 2.58. The molecule has 42 heavy (non-hydrogen) atoms. The Morgan fingerprint density at radius 1 is 1.00 bits per heavy atom. The second-order valence-corrected chi connectivity index (χ2v) is 12.9. The number of halogens is 6. The number of aromatic nitrogens is 5. The Labute approximate surface area is 235 Å². The molecule has 2 aliphatic rings. The number of hydrogen-bond acceptors (Lipinski definition) is 6. The van der Waals surface area contributed by atoms with Crippen LogP contribution in [0.3, 0.4) is 0 Å². The molecule has 0 aromatic carbocycles. The number of nitrogens with zero attached hydrogens (tertiary/aromatic N) is 5. The van der Waals surface area contributed by atoms with E-state index in [1.807, 2.05) is 0 Å². The van der Waals surface area contributed by atoms with Crippen LogP contribution in [-0.2, 0) is 28.5 Å². The van der Waals surface area contributed by atoms with Crippen LogP contribution in [0.2, 0.25) is 0 Å². The van der Waals surface area contributed by atoms with E-state index < -0.39 is 44.9 Å². The first-order chi connectivity index (χ1) is 19.6. The van der Waals surface area contributed by atoms with E-state index in [1.165, 1.54) is 49.1 Å². The van der Waals surface area contributed by atoms with Gasteiger partial charge in [-0.15, -0.1) is 0 Å². The van der Waals surface area contributed by atoms with Crippen molar-refractivity contribution in [3.05, 3.63) is 58.4 Å². The lowest BCUT2D eigenvalue weighted by Gasteiger charge is -2.18. The number of fused-ring (bicyclic) bond motifs is 1. The van der Waals surface area contributed by atoms with Gasteiger partial charge in [-0.3, -0.25) is 19.3 Å². The maximum Gasteiger partial charge on any atom is 0.431 e. The SMILES string of the molecule is CCS(=O)(=O)c1cc(-c2ccc(C3(C(F)(F)F)CC3)nc2)cnc1-c1nc2cc(C(F)(F)F)n(C3CC3)c(=O)c2n1C. The number of pyridine rings is 3. The van der Waals surface area contributed by atoms with Crippen molar-refractivity contribution in [2.75, 3.05) is 5.75 Å². The molecule has 2 fully saturated rings. The van der Waals surface area contributed by atoms with Gasteiger partial charge in [0, 0.05) is 36.6 Å². The van der Waals surface area contributed by atoms with Crippen LogP contribution in [0.5, 0.6) is 0 Å². The van der Waals surface area contributed by atoms with Gasteiger partial charge in [0.2, 0.25) is 0 Å². The van der Waals surface area contributed by atoms with Crippen molar-refractivity contribution in [1.82, 2.24) is 24.1 Å². The monoisotopic (exact) mass is 611 g/mol. The van der Waals surface area contributed by atoms with Gasteiger partial charge in [0.05, 0.1) is 21.9 Å². The van der Waals surface area contributed by atoms with Gasteiger partial charge >= 0.3 is 12.4 Å². The number of aryl methyl sites for hydroxylation is 1. The average molecular weight is 612 g/mol. The molecule has 0 spiro atoms. The third-order valence-corrected chi connectivity index (χ3v) is 9.68. The van der Waals surface area contributed by atoms with Crippen LogP contribution < -0.4 is 5.56 Å². The lowest BCUT2D eigenvalue weighted by molar-refractivity contribution is -0.161. The largest absolute Gasteiger partial charge is 0.431 e. The number of sulfone groups is 1. The first-order valence-corrected chi connectivity index (χ1v) is 14.7. The Hall–Kier alpha value is -3.75. The minimum Gasteiger partial charge on any atom is -0.321 e. The molecule has 0 aliphatic heterocycles. The summed E-state index contributed by atoms with van der Waals surface area (Å²) in [6.45, 7) is 1.40. The van der Waals surface area contributed by atoms with Gasteiger partial charge < -0.3 is 4.57 Å². The Morgan fingerprint density at radius 3 is 2.19 bits per heavy atom. The van der Waals surface area contributed by atoms with Gasteiger partial charge in [0.1, 0.15) is 22.3 Å². The second kappa shape index (κ2) is 9.12. The van der Waals surface area contributed by atoms with E-state index >= 15 is 0 Å². The fourth-order valence-electron chi connectivity index (χ4n) is 5.24. The maximum absolute atomic E-state index is 13.9. The summed E-state index contributed by atoms with van der Waals surface area (Å²) in [5.41, 5.74) is -4.13. The molecule has 0 amide bonds. The molecule has 4 aromatic heterocycles. The zero-order valence-corrected chi connectivity index (χ0v) is 23.0. The first kappa shape index (κ1) is 28.4. The van der Waals surface area contributed by atoms with Crippen molar-refractivity contribution in [1.29, 1.82) is 0 Å². The lowest BCUT2D eigenvalue weighted by atomic mass is 9.99. The summed E-state index contributed by atoms with van der Waals surface area (Å²) in [5.74, 6) is -0.482. The molecule has 0 bridgehead atoms. The smallest absolute Gasteiger partial charge is 0.321 e. The van der Waals surface area contributed by atoms with Gasteiger partial charge in [-0.25, -0.2) is 13.4 Å². The fourth-order valence-corrected chi connectivity index (χ4v) is 6.30. The molecule has 0 radical (unpaired) electrons. The topological polar surface area (TPSA) is 99.7 Å². The Balaban J connectivity index is 1.49. The van der Waals surface area contributed by atoms with Gasteiger partial charge in [0.25, 0.3) is 5.56 Å². The van der Waals surface area contributed by atoms with Crippen LogP contribution in [0.15, 0.2) is 46.3 Å². The number of imidazole rings is 1. The van der Waals surface area contributed by atoms with Crippen LogP contribution in [0, 0.1) is 0 Å². The molecule has 15 heteroatoms. The van der Waals surface area contributed by atoms with Crippen LogP contribution >= 0.6 is 0 Å². The zero-order chi connectivity index (χ0) is 30.4. The molecule has 2 aliphatic carbocycles. The van der Waals surface area contributed by atoms with Crippen molar-refractivity contribution in [3.63, 3.8) is 0 Å². The molecule has 6 rings (SSSR count). The maximum atomic E-state index is 13.9. The highest BCUT2D eigenvalue weighted by molar-refractivity contribution is 7.91. The van der Waals surface area contributed by atoms with E-state index in [4.69, 9.17) is 0 Å². The fraction of sp³-hybridized carbons (Fsp3) is 0.407. The van der Waals surface area contributed by atoms with Crippen LogP contribution in [0.25, 0.3) is 33.7 Å². The van der Waals surface area contributed by atoms with Crippen molar-refractivity contribution in [2.24, 2.45) is 7.05 Å². The third kappa shape index (κ3) is 4.39. The lowest BCUT2D eigenvalue weighted by Crippen LogP contribution is -2.29. The van der Waals surface area contributed by atoms with E-state index in [9.17, 15) is 39.6 Å². The Morgan fingerprint density at radius 2 is 1.67 bits per heavy atom. The normalized spacial score (nSPS) is 17.1. The summed E-state index contributed by atoms with van der Waals surface area (Å²) in [5, 5.41) is 0. The van der Waals surface area contributed by atoms with Gasteiger partial charge in [-0.05, 0) is 43.9 Å². The zero-order valence-electron chi connectivity index (χ0n) is 22.2. The van der Waals surface area contributed by atoms with Gasteiger partial charge in [-0.2, -0.15) is 26.3 Å². The summed E-state index contributed by atoms with van der Waals surface area (Å²) >= 11 is 0. The van der Waals surface area contributed by atoms with Crippen LogP contribution in [-0.4, -0.2) is 44.4 Å². The highest BCUT2D eigenvalue weighted by Gasteiger charge is 2.65.